The van der Waals surface area contributed by atoms with Gasteiger partial charge in [-0.15, -0.1) is 0 Å². The van der Waals surface area contributed by atoms with Crippen molar-refractivity contribution < 1.29 is 5.11 Å². The van der Waals surface area contributed by atoms with E-state index in [4.69, 9.17) is 5.73 Å². The Kier molecular flexibility index (Phi) is 3.13. The Labute approximate surface area is 86.9 Å². The zero-order chi connectivity index (χ0) is 10.0. The lowest BCUT2D eigenvalue weighted by atomic mass is 9.63. The van der Waals surface area contributed by atoms with Gasteiger partial charge in [0.2, 0.25) is 0 Å². The number of rotatable bonds is 4. The molecule has 0 heterocycles. The molecule has 2 aliphatic carbocycles. The highest BCUT2D eigenvalue weighted by Gasteiger charge is 2.42. The highest BCUT2D eigenvalue weighted by Crippen LogP contribution is 2.45. The maximum Gasteiger partial charge on any atom is 0.0551 e. The number of aliphatic hydroxyl groups is 1. The van der Waals surface area contributed by atoms with E-state index in [1.807, 2.05) is 0 Å². The Morgan fingerprint density at radius 3 is 2.36 bits per heavy atom. The minimum Gasteiger partial charge on any atom is -0.393 e. The van der Waals surface area contributed by atoms with Gasteiger partial charge in [-0.3, -0.25) is 0 Å². The summed E-state index contributed by atoms with van der Waals surface area (Å²) in [5, 5.41) is 9.35. The number of hydrogen-bond donors (Lipinski definition) is 2. The molecule has 2 fully saturated rings. The summed E-state index contributed by atoms with van der Waals surface area (Å²) in [5.74, 6) is 0.969. The predicted molar refractivity (Wildman–Crippen MR) is 57.9 cm³/mol. The van der Waals surface area contributed by atoms with Gasteiger partial charge in [-0.25, -0.2) is 0 Å². The fourth-order valence-electron chi connectivity index (χ4n) is 3.22. The van der Waals surface area contributed by atoms with E-state index in [1.54, 1.807) is 0 Å². The lowest BCUT2D eigenvalue weighted by Gasteiger charge is -2.45. The third kappa shape index (κ3) is 2.12. The second-order valence-electron chi connectivity index (χ2n) is 5.46. The van der Waals surface area contributed by atoms with Crippen LogP contribution in [0.15, 0.2) is 0 Å². The first kappa shape index (κ1) is 10.4. The first-order chi connectivity index (χ1) is 6.74. The van der Waals surface area contributed by atoms with Crippen molar-refractivity contribution in [1.29, 1.82) is 0 Å². The van der Waals surface area contributed by atoms with Gasteiger partial charge in [0.1, 0.15) is 0 Å². The normalized spacial score (nSPS) is 38.6. The molecule has 0 aliphatic heterocycles. The quantitative estimate of drug-likeness (QED) is 0.724. The number of hydrogen-bond acceptors (Lipinski definition) is 2. The Hall–Kier alpha value is -0.0800. The van der Waals surface area contributed by atoms with E-state index >= 15 is 0 Å². The van der Waals surface area contributed by atoms with Crippen LogP contribution in [0.3, 0.4) is 0 Å². The maximum absolute atomic E-state index is 9.35. The summed E-state index contributed by atoms with van der Waals surface area (Å²) < 4.78 is 0. The summed E-state index contributed by atoms with van der Waals surface area (Å²) in [6.07, 6.45) is 10.2. The molecule has 0 spiro atoms. The van der Waals surface area contributed by atoms with Gasteiger partial charge in [0.25, 0.3) is 0 Å². The molecule has 0 aromatic carbocycles. The lowest BCUT2D eigenvalue weighted by molar-refractivity contribution is -0.0346. The molecule has 0 radical (unpaired) electrons. The molecule has 3 N–H and O–H groups in total. The second kappa shape index (κ2) is 4.19. The number of aliphatic hydroxyl groups excluding tert-OH is 1. The molecule has 14 heavy (non-hydrogen) atoms. The van der Waals surface area contributed by atoms with Crippen LogP contribution in [0.1, 0.15) is 51.4 Å². The second-order valence-corrected chi connectivity index (χ2v) is 5.46. The van der Waals surface area contributed by atoms with Crippen molar-refractivity contribution in [3.8, 4) is 0 Å². The summed E-state index contributed by atoms with van der Waals surface area (Å²) >= 11 is 0. The van der Waals surface area contributed by atoms with Crippen LogP contribution in [0.2, 0.25) is 0 Å². The first-order valence-corrected chi connectivity index (χ1v) is 6.12. The Morgan fingerprint density at radius 1 is 1.21 bits per heavy atom. The minimum absolute atomic E-state index is 0.0536. The zero-order valence-electron chi connectivity index (χ0n) is 9.04. The van der Waals surface area contributed by atoms with Crippen LogP contribution in [-0.4, -0.2) is 17.8 Å². The summed E-state index contributed by atoms with van der Waals surface area (Å²) in [5.41, 5.74) is 6.13. The van der Waals surface area contributed by atoms with Crippen LogP contribution >= 0.6 is 0 Å². The molecule has 0 bridgehead atoms. The fraction of sp³-hybridized carbons (Fsp3) is 1.00. The van der Waals surface area contributed by atoms with Gasteiger partial charge in [-0.05, 0) is 43.6 Å². The monoisotopic (exact) mass is 197 g/mol. The van der Waals surface area contributed by atoms with Crippen molar-refractivity contribution in [3.63, 3.8) is 0 Å². The standard InChI is InChI=1S/C12H23NO/c13-9-12(7-11(14)8-12)6-5-10-3-1-2-4-10/h10-11,14H,1-9,13H2. The van der Waals surface area contributed by atoms with Crippen LogP contribution in [0, 0.1) is 11.3 Å². The molecule has 0 aromatic heterocycles. The van der Waals surface area contributed by atoms with Crippen LogP contribution < -0.4 is 5.73 Å². The molecular formula is C12H23NO. The molecule has 0 atom stereocenters. The van der Waals surface area contributed by atoms with E-state index in [-0.39, 0.29) is 6.10 Å². The topological polar surface area (TPSA) is 46.2 Å². The van der Waals surface area contributed by atoms with E-state index in [2.05, 4.69) is 0 Å². The molecule has 0 amide bonds. The van der Waals surface area contributed by atoms with Crippen molar-refractivity contribution in [1.82, 2.24) is 0 Å². The lowest BCUT2D eigenvalue weighted by Crippen LogP contribution is -2.46. The minimum atomic E-state index is -0.0536. The predicted octanol–water partition coefficient (Wildman–Crippen LogP) is 2.06. The largest absolute Gasteiger partial charge is 0.393 e. The van der Waals surface area contributed by atoms with Crippen molar-refractivity contribution in [2.75, 3.05) is 6.54 Å². The Morgan fingerprint density at radius 2 is 1.86 bits per heavy atom. The SMILES string of the molecule is NCC1(CCC2CCCC2)CC(O)C1. The van der Waals surface area contributed by atoms with Crippen molar-refractivity contribution in [2.24, 2.45) is 17.1 Å². The van der Waals surface area contributed by atoms with Gasteiger partial charge in [-0.1, -0.05) is 25.7 Å². The third-order valence-electron chi connectivity index (χ3n) is 4.33. The molecule has 2 aliphatic rings. The maximum atomic E-state index is 9.35. The smallest absolute Gasteiger partial charge is 0.0551 e. The fourth-order valence-corrected chi connectivity index (χ4v) is 3.22. The Balaban J connectivity index is 1.72. The molecule has 2 nitrogen and oxygen atoms in total. The van der Waals surface area contributed by atoms with Crippen molar-refractivity contribution >= 4 is 0 Å². The average molecular weight is 197 g/mol. The summed E-state index contributed by atoms with van der Waals surface area (Å²) in [7, 11) is 0. The molecule has 2 rings (SSSR count). The van der Waals surface area contributed by atoms with Gasteiger partial charge >= 0.3 is 0 Å². The van der Waals surface area contributed by atoms with Crippen LogP contribution in [0.5, 0.6) is 0 Å². The molecule has 82 valence electrons. The van der Waals surface area contributed by atoms with Gasteiger partial charge in [0.05, 0.1) is 6.10 Å². The first-order valence-electron chi connectivity index (χ1n) is 6.12. The average Bonchev–Trinajstić information content (AvgIpc) is 2.63. The molecule has 0 aromatic rings. The zero-order valence-corrected chi connectivity index (χ0v) is 9.04. The van der Waals surface area contributed by atoms with Crippen molar-refractivity contribution in [3.05, 3.63) is 0 Å². The van der Waals surface area contributed by atoms with E-state index in [0.717, 1.165) is 25.3 Å². The van der Waals surface area contributed by atoms with Gasteiger partial charge in [0.15, 0.2) is 0 Å². The van der Waals surface area contributed by atoms with E-state index < -0.39 is 0 Å². The molecular weight excluding hydrogens is 174 g/mol. The van der Waals surface area contributed by atoms with Gasteiger partial charge in [-0.2, -0.15) is 0 Å². The molecule has 2 heteroatoms. The van der Waals surface area contributed by atoms with Crippen molar-refractivity contribution in [2.45, 2.75) is 57.5 Å². The number of nitrogens with two attached hydrogens (primary N) is 1. The van der Waals surface area contributed by atoms with E-state index in [1.165, 1.54) is 38.5 Å². The van der Waals surface area contributed by atoms with E-state index in [0.29, 0.717) is 5.41 Å². The molecule has 0 saturated heterocycles. The van der Waals surface area contributed by atoms with Gasteiger partial charge in [0, 0.05) is 0 Å². The molecule has 2 saturated carbocycles. The Bertz CT molecular complexity index is 181. The van der Waals surface area contributed by atoms with Crippen LogP contribution in [0.25, 0.3) is 0 Å². The highest BCUT2D eigenvalue weighted by molar-refractivity contribution is 4.94. The van der Waals surface area contributed by atoms with E-state index in [9.17, 15) is 5.11 Å². The van der Waals surface area contributed by atoms with Crippen LogP contribution in [0.4, 0.5) is 0 Å². The van der Waals surface area contributed by atoms with Gasteiger partial charge < -0.3 is 10.8 Å². The van der Waals surface area contributed by atoms with Crippen LogP contribution in [-0.2, 0) is 0 Å². The summed E-state index contributed by atoms with van der Waals surface area (Å²) in [6, 6.07) is 0. The molecule has 0 unspecified atom stereocenters. The third-order valence-corrected chi connectivity index (χ3v) is 4.33. The summed E-state index contributed by atoms with van der Waals surface area (Å²) in [6.45, 7) is 0.775. The highest BCUT2D eigenvalue weighted by atomic mass is 16.3. The summed E-state index contributed by atoms with van der Waals surface area (Å²) in [4.78, 5) is 0.